The first-order valence-electron chi connectivity index (χ1n) is 9.50. The maximum Gasteiger partial charge on any atom is 0.499 e. The molecule has 1 aliphatic heterocycles. The van der Waals surface area contributed by atoms with Crippen LogP contribution in [-0.4, -0.2) is 30.8 Å². The van der Waals surface area contributed by atoms with Crippen molar-refractivity contribution in [3.8, 4) is 0 Å². The van der Waals surface area contributed by atoms with Gasteiger partial charge < -0.3 is 13.5 Å². The minimum atomic E-state index is -1.97. The minimum Gasteiger partial charge on any atom is -0.399 e. The van der Waals surface area contributed by atoms with Crippen LogP contribution < -0.4 is 5.46 Å². The molecule has 3 nitrogen and oxygen atoms in total. The number of hydrogen-bond acceptors (Lipinski definition) is 2. The maximum absolute atomic E-state index is 14.9. The summed E-state index contributed by atoms with van der Waals surface area (Å²) in [7, 11) is -2.62. The standard InChI is InChI=1S/C19H35BFNO2Si/c1-13(2)25(14(3)4,15(5)6)22-11-16(17(21)12-22)20-23-18(7,8)19(9,10)24-20/h11-15H,1-10H3. The second kappa shape index (κ2) is 6.54. The molecule has 2 heterocycles. The van der Waals surface area contributed by atoms with Crippen molar-refractivity contribution in [2.45, 2.75) is 97.1 Å². The largest absolute Gasteiger partial charge is 0.499 e. The third kappa shape index (κ3) is 3.15. The molecule has 0 atom stereocenters. The summed E-state index contributed by atoms with van der Waals surface area (Å²) in [6.45, 7) is 21.6. The van der Waals surface area contributed by atoms with E-state index in [1.165, 1.54) is 0 Å². The number of halogens is 1. The minimum absolute atomic E-state index is 0.225. The van der Waals surface area contributed by atoms with Gasteiger partial charge in [-0.1, -0.05) is 41.5 Å². The molecule has 6 heteroatoms. The van der Waals surface area contributed by atoms with Crippen molar-refractivity contribution in [2.75, 3.05) is 0 Å². The topological polar surface area (TPSA) is 23.4 Å². The molecule has 0 unspecified atom stereocenters. The van der Waals surface area contributed by atoms with E-state index >= 15 is 0 Å². The summed E-state index contributed by atoms with van der Waals surface area (Å²) in [6, 6.07) is 0. The molecular formula is C19H35BFNO2Si. The smallest absolute Gasteiger partial charge is 0.399 e. The molecule has 2 rings (SSSR count). The van der Waals surface area contributed by atoms with Crippen LogP contribution in [0.5, 0.6) is 0 Å². The molecule has 0 amide bonds. The monoisotopic (exact) mass is 367 g/mol. The lowest BCUT2D eigenvalue weighted by molar-refractivity contribution is 0.00578. The van der Waals surface area contributed by atoms with Crippen LogP contribution >= 0.6 is 0 Å². The van der Waals surface area contributed by atoms with Gasteiger partial charge in [-0.2, -0.15) is 0 Å². The number of nitrogens with zero attached hydrogens (tertiary/aromatic N) is 1. The first-order valence-corrected chi connectivity index (χ1v) is 11.7. The molecular weight excluding hydrogens is 332 g/mol. The van der Waals surface area contributed by atoms with Crippen molar-refractivity contribution in [1.82, 2.24) is 4.23 Å². The van der Waals surface area contributed by atoms with Gasteiger partial charge in [0.2, 0.25) is 0 Å². The van der Waals surface area contributed by atoms with Crippen LogP contribution in [0.2, 0.25) is 16.6 Å². The molecule has 0 aromatic carbocycles. The fourth-order valence-corrected chi connectivity index (χ4v) is 11.2. The van der Waals surface area contributed by atoms with Gasteiger partial charge in [0.05, 0.1) is 11.2 Å². The van der Waals surface area contributed by atoms with E-state index in [0.717, 1.165) is 0 Å². The lowest BCUT2D eigenvalue weighted by Gasteiger charge is -2.44. The molecule has 1 aliphatic rings. The fraction of sp³-hybridized carbons (Fsp3) is 0.789. The molecule has 0 radical (unpaired) electrons. The lowest BCUT2D eigenvalue weighted by Crippen LogP contribution is -2.51. The van der Waals surface area contributed by atoms with E-state index in [2.05, 4.69) is 45.8 Å². The van der Waals surface area contributed by atoms with E-state index in [1.54, 1.807) is 6.20 Å². The SMILES string of the molecule is CC(C)[Si](C(C)C)(C(C)C)n1cc(F)c(B2OC(C)(C)C(C)(C)O2)c1. The van der Waals surface area contributed by atoms with Crippen LogP contribution in [0.15, 0.2) is 12.4 Å². The second-order valence-electron chi connectivity index (χ2n) is 9.41. The van der Waals surface area contributed by atoms with Crippen LogP contribution in [0.3, 0.4) is 0 Å². The van der Waals surface area contributed by atoms with Crippen LogP contribution in [0.25, 0.3) is 0 Å². The summed E-state index contributed by atoms with van der Waals surface area (Å²) in [5, 5.41) is 0. The first-order chi connectivity index (χ1) is 11.3. The molecule has 0 bridgehead atoms. The lowest BCUT2D eigenvalue weighted by atomic mass is 9.81. The van der Waals surface area contributed by atoms with E-state index in [0.29, 0.717) is 22.1 Å². The Morgan fingerprint density at radius 3 is 1.64 bits per heavy atom. The van der Waals surface area contributed by atoms with Crippen LogP contribution in [0.1, 0.15) is 69.2 Å². The third-order valence-electron chi connectivity index (χ3n) is 6.54. The highest BCUT2D eigenvalue weighted by Crippen LogP contribution is 2.43. The Labute approximate surface area is 154 Å². The summed E-state index contributed by atoms with van der Waals surface area (Å²) >= 11 is 0. The summed E-state index contributed by atoms with van der Waals surface area (Å²) < 4.78 is 29.3. The Hall–Kier alpha value is -0.588. The molecule has 142 valence electrons. The van der Waals surface area contributed by atoms with Crippen molar-refractivity contribution in [3.05, 3.63) is 18.2 Å². The van der Waals surface area contributed by atoms with Crippen LogP contribution in [0, 0.1) is 5.82 Å². The van der Waals surface area contributed by atoms with Crippen molar-refractivity contribution in [3.63, 3.8) is 0 Å². The zero-order chi connectivity index (χ0) is 19.4. The van der Waals surface area contributed by atoms with Gasteiger partial charge in [-0.05, 0) is 50.5 Å². The van der Waals surface area contributed by atoms with Gasteiger partial charge in [0.25, 0.3) is 0 Å². The average molecular weight is 367 g/mol. The first kappa shape index (κ1) is 20.7. The van der Waals surface area contributed by atoms with E-state index in [1.807, 2.05) is 33.9 Å². The van der Waals surface area contributed by atoms with Crippen molar-refractivity contribution < 1.29 is 13.7 Å². The summed E-state index contributed by atoms with van der Waals surface area (Å²) in [4.78, 5) is 0. The van der Waals surface area contributed by atoms with Gasteiger partial charge in [0.1, 0.15) is 5.82 Å². The highest BCUT2D eigenvalue weighted by atomic mass is 28.3. The van der Waals surface area contributed by atoms with Gasteiger partial charge in [0, 0.05) is 11.7 Å². The normalized spacial score (nSPS) is 20.3. The zero-order valence-electron chi connectivity index (χ0n) is 17.6. The van der Waals surface area contributed by atoms with Crippen molar-refractivity contribution in [1.29, 1.82) is 0 Å². The van der Waals surface area contributed by atoms with Crippen LogP contribution in [0.4, 0.5) is 4.39 Å². The molecule has 1 fully saturated rings. The molecule has 25 heavy (non-hydrogen) atoms. The van der Waals surface area contributed by atoms with Crippen LogP contribution in [-0.2, 0) is 9.31 Å². The van der Waals surface area contributed by atoms with Gasteiger partial charge in [-0.3, -0.25) is 0 Å². The van der Waals surface area contributed by atoms with Gasteiger partial charge in [-0.15, -0.1) is 0 Å². The maximum atomic E-state index is 14.9. The highest BCUT2D eigenvalue weighted by molar-refractivity contribution is 6.82. The molecule has 1 saturated heterocycles. The molecule has 0 aliphatic carbocycles. The van der Waals surface area contributed by atoms with Gasteiger partial charge in [0.15, 0.2) is 8.24 Å². The van der Waals surface area contributed by atoms with Gasteiger partial charge >= 0.3 is 7.12 Å². The van der Waals surface area contributed by atoms with E-state index in [-0.39, 0.29) is 5.82 Å². The molecule has 0 spiro atoms. The Kier molecular flexibility index (Phi) is 5.42. The number of aromatic nitrogens is 1. The second-order valence-corrected chi connectivity index (χ2v) is 15.2. The highest BCUT2D eigenvalue weighted by Gasteiger charge is 2.53. The Morgan fingerprint density at radius 1 is 0.880 bits per heavy atom. The predicted octanol–water partition coefficient (Wildman–Crippen LogP) is 4.95. The predicted molar refractivity (Wildman–Crippen MR) is 107 cm³/mol. The van der Waals surface area contributed by atoms with E-state index < -0.39 is 26.6 Å². The van der Waals surface area contributed by atoms with Crippen molar-refractivity contribution in [2.24, 2.45) is 0 Å². The Bertz CT molecular complexity index is 587. The fourth-order valence-electron chi connectivity index (χ4n) is 4.71. The van der Waals surface area contributed by atoms with E-state index in [9.17, 15) is 4.39 Å². The molecule has 0 saturated carbocycles. The average Bonchev–Trinajstić information content (AvgIpc) is 2.87. The summed E-state index contributed by atoms with van der Waals surface area (Å²) in [5.74, 6) is -0.225. The number of hydrogen-bond donors (Lipinski definition) is 0. The molecule has 1 aromatic rings. The number of rotatable bonds is 5. The van der Waals surface area contributed by atoms with E-state index in [4.69, 9.17) is 9.31 Å². The molecule has 0 N–H and O–H groups in total. The van der Waals surface area contributed by atoms with Gasteiger partial charge in [-0.25, -0.2) is 4.39 Å². The summed E-state index contributed by atoms with van der Waals surface area (Å²) in [6.07, 6.45) is 3.65. The summed E-state index contributed by atoms with van der Waals surface area (Å²) in [5.41, 5.74) is 1.11. The Morgan fingerprint density at radius 2 is 1.28 bits per heavy atom. The quantitative estimate of drug-likeness (QED) is 0.688. The zero-order valence-corrected chi connectivity index (χ0v) is 18.6. The molecule has 1 aromatic heterocycles. The van der Waals surface area contributed by atoms with Crippen molar-refractivity contribution >= 4 is 20.8 Å². The Balaban J connectivity index is 2.50. The third-order valence-corrected chi connectivity index (χ3v) is 13.2.